The zero-order valence-electron chi connectivity index (χ0n) is 28.0. The van der Waals surface area contributed by atoms with E-state index in [4.69, 9.17) is 4.74 Å². The molecule has 3 saturated carbocycles. The number of hydrogen-bond acceptors (Lipinski definition) is 7. The molecule has 49 heavy (non-hydrogen) atoms. The first kappa shape index (κ1) is 33.8. The average molecular weight is 714 g/mol. The van der Waals surface area contributed by atoms with Crippen LogP contribution < -0.4 is 0 Å². The molecule has 2 heterocycles. The van der Waals surface area contributed by atoms with Crippen LogP contribution in [0.25, 0.3) is 0 Å². The number of ketones is 1. The van der Waals surface area contributed by atoms with Crippen LogP contribution in [0.2, 0.25) is 0 Å². The van der Waals surface area contributed by atoms with Gasteiger partial charge in [0.25, 0.3) is 10.0 Å². The van der Waals surface area contributed by atoms with E-state index in [9.17, 15) is 32.2 Å². The summed E-state index contributed by atoms with van der Waals surface area (Å²) in [5.41, 5.74) is -3.24. The number of thiophene rings is 1. The zero-order chi connectivity index (χ0) is 34.6. The van der Waals surface area contributed by atoms with Crippen molar-refractivity contribution in [3.05, 3.63) is 76.7 Å². The molecule has 2 bridgehead atoms. The third-order valence-electron chi connectivity index (χ3n) is 14.1. The predicted molar refractivity (Wildman–Crippen MR) is 181 cm³/mol. The molecule has 1 aromatic carbocycles. The summed E-state index contributed by atoms with van der Waals surface area (Å²) < 4.78 is 64.4. The Bertz CT molecular complexity index is 1840. The molecule has 9 atom stereocenters. The van der Waals surface area contributed by atoms with Gasteiger partial charge in [-0.2, -0.15) is 4.31 Å². The van der Waals surface area contributed by atoms with Crippen molar-refractivity contribution in [1.29, 1.82) is 0 Å². The topological polar surface area (TPSA) is 104 Å². The molecule has 2 aromatic rings. The highest BCUT2D eigenvalue weighted by atomic mass is 32.2. The molecule has 0 radical (unpaired) electrons. The van der Waals surface area contributed by atoms with E-state index in [2.05, 4.69) is 26.0 Å². The van der Waals surface area contributed by atoms with Crippen LogP contribution in [-0.2, 0) is 14.8 Å². The van der Waals surface area contributed by atoms with Gasteiger partial charge < -0.3 is 14.9 Å². The van der Waals surface area contributed by atoms with Crippen molar-refractivity contribution in [3.8, 4) is 0 Å². The van der Waals surface area contributed by atoms with Crippen molar-refractivity contribution in [3.63, 3.8) is 0 Å². The Morgan fingerprint density at radius 3 is 2.49 bits per heavy atom. The maximum absolute atomic E-state index is 14.6. The van der Waals surface area contributed by atoms with Gasteiger partial charge in [-0.15, -0.1) is 11.3 Å². The molecule has 1 aliphatic heterocycles. The quantitative estimate of drug-likeness (QED) is 0.234. The molecule has 6 aliphatic carbocycles. The van der Waals surface area contributed by atoms with E-state index in [1.807, 2.05) is 6.08 Å². The highest BCUT2D eigenvalue weighted by Crippen LogP contribution is 2.78. The van der Waals surface area contributed by atoms with Crippen LogP contribution >= 0.6 is 11.3 Å². The van der Waals surface area contributed by atoms with E-state index in [0.717, 1.165) is 42.7 Å². The Balaban J connectivity index is 1.23. The zero-order valence-corrected chi connectivity index (χ0v) is 29.7. The van der Waals surface area contributed by atoms with Crippen molar-refractivity contribution >= 4 is 27.1 Å². The molecule has 2 spiro atoms. The van der Waals surface area contributed by atoms with Crippen LogP contribution in [0.3, 0.4) is 0 Å². The fourth-order valence-electron chi connectivity index (χ4n) is 11.5. The van der Waals surface area contributed by atoms with E-state index < -0.39 is 49.6 Å². The third kappa shape index (κ3) is 4.68. The molecule has 2 N–H and O–H groups in total. The fraction of sp³-hybridized carbons (Fsp3) is 0.605. The van der Waals surface area contributed by atoms with Crippen molar-refractivity contribution < 1.29 is 36.9 Å². The van der Waals surface area contributed by atoms with Gasteiger partial charge in [-0.25, -0.2) is 17.2 Å². The van der Waals surface area contributed by atoms with Gasteiger partial charge in [0.15, 0.2) is 17.4 Å². The SMILES string of the molecule is C[C@]12CC[C@H]3[C@]4(C=C[C@@]5(C=C4C(=O)c4ccc(F)c(F)c4)CC(O)CC[C@]35C)[C@@H]1CC[C@@]2(O)CN(C[C@H]1CCCO1)S(=O)(=O)c1cccs1. The molecule has 0 amide bonds. The number of allylic oxidation sites excluding steroid dienone is 4. The molecule has 7 nitrogen and oxygen atoms in total. The van der Waals surface area contributed by atoms with Crippen LogP contribution in [0.1, 0.15) is 82.0 Å². The van der Waals surface area contributed by atoms with Gasteiger partial charge in [-0.1, -0.05) is 38.1 Å². The third-order valence-corrected chi connectivity index (χ3v) is 17.3. The second-order valence-electron chi connectivity index (χ2n) is 16.1. The van der Waals surface area contributed by atoms with Crippen molar-refractivity contribution in [2.24, 2.45) is 33.5 Å². The van der Waals surface area contributed by atoms with E-state index in [1.165, 1.54) is 10.4 Å². The summed E-state index contributed by atoms with van der Waals surface area (Å²) in [6.07, 6.45) is 11.4. The van der Waals surface area contributed by atoms with E-state index in [-0.39, 0.29) is 52.0 Å². The van der Waals surface area contributed by atoms with Crippen LogP contribution in [0.4, 0.5) is 8.78 Å². The first-order valence-corrected chi connectivity index (χ1v) is 20.0. The maximum Gasteiger partial charge on any atom is 0.252 e. The Labute approximate surface area is 291 Å². The monoisotopic (exact) mass is 713 g/mol. The Hall–Kier alpha value is -2.28. The van der Waals surface area contributed by atoms with Crippen molar-refractivity contribution in [1.82, 2.24) is 4.31 Å². The van der Waals surface area contributed by atoms with Crippen molar-refractivity contribution in [2.45, 2.75) is 93.7 Å². The average Bonchev–Trinajstić information content (AvgIpc) is 3.84. The second kappa shape index (κ2) is 11.4. The van der Waals surface area contributed by atoms with Gasteiger partial charge in [-0.05, 0) is 105 Å². The van der Waals surface area contributed by atoms with Crippen LogP contribution in [0.15, 0.2) is 63.7 Å². The van der Waals surface area contributed by atoms with E-state index >= 15 is 0 Å². The lowest BCUT2D eigenvalue weighted by Gasteiger charge is -2.71. The number of rotatable bonds is 8. The molecule has 4 fully saturated rings. The molecule has 11 heteroatoms. The molecule has 1 unspecified atom stereocenters. The Kier molecular flexibility index (Phi) is 7.84. The molecule has 7 aliphatic rings. The lowest BCUT2D eigenvalue weighted by molar-refractivity contribution is -0.174. The smallest absolute Gasteiger partial charge is 0.252 e. The number of Topliss-reactive ketones (excluding diaryl/α,β-unsaturated/α-hetero) is 1. The highest BCUT2D eigenvalue weighted by Gasteiger charge is 2.74. The van der Waals surface area contributed by atoms with Crippen LogP contribution in [0, 0.1) is 45.1 Å². The Morgan fingerprint density at radius 2 is 1.78 bits per heavy atom. The summed E-state index contributed by atoms with van der Waals surface area (Å²) in [5.74, 6) is -2.70. The first-order valence-electron chi connectivity index (χ1n) is 17.7. The number of ether oxygens (including phenoxy) is 1. The largest absolute Gasteiger partial charge is 0.393 e. The Morgan fingerprint density at radius 1 is 1.02 bits per heavy atom. The molecular weight excluding hydrogens is 669 g/mol. The lowest BCUT2D eigenvalue weighted by Crippen LogP contribution is -2.67. The van der Waals surface area contributed by atoms with Crippen LogP contribution in [-0.4, -0.2) is 66.2 Å². The summed E-state index contributed by atoms with van der Waals surface area (Å²) in [6, 6.07) is 6.59. The van der Waals surface area contributed by atoms with E-state index in [1.54, 1.807) is 17.5 Å². The molecule has 1 saturated heterocycles. The van der Waals surface area contributed by atoms with Crippen LogP contribution in [0.5, 0.6) is 0 Å². The summed E-state index contributed by atoms with van der Waals surface area (Å²) >= 11 is 1.16. The maximum atomic E-state index is 14.6. The minimum atomic E-state index is -3.93. The molecular formula is C38H45F2NO6S2. The summed E-state index contributed by atoms with van der Waals surface area (Å²) in [7, 11) is -3.93. The predicted octanol–water partition coefficient (Wildman–Crippen LogP) is 6.67. The number of aliphatic hydroxyl groups is 2. The normalized spacial score (nSPS) is 41.0. The van der Waals surface area contributed by atoms with Gasteiger partial charge in [0.05, 0.1) is 17.8 Å². The van der Waals surface area contributed by atoms with Gasteiger partial charge in [-0.3, -0.25) is 4.79 Å². The van der Waals surface area contributed by atoms with Gasteiger partial charge in [0, 0.05) is 47.1 Å². The number of sulfonamides is 1. The summed E-state index contributed by atoms with van der Waals surface area (Å²) in [5, 5.41) is 25.6. The lowest BCUT2D eigenvalue weighted by atomic mass is 9.32. The molecule has 1 aromatic heterocycles. The summed E-state index contributed by atoms with van der Waals surface area (Å²) in [4.78, 5) is 14.6. The number of carbonyl (C=O) groups excluding carboxylic acids is 1. The highest BCUT2D eigenvalue weighted by molar-refractivity contribution is 7.91. The number of benzene rings is 1. The number of aliphatic hydroxyl groups excluding tert-OH is 1. The standard InChI is InChI=1S/C38H45F2NO6S2/c1-34-12-9-25(42)20-36(34)15-16-38(27(21-36)33(43)24-7-8-28(39)29(40)19-24)30(34)10-13-35(2)31(38)11-14-37(35,44)23-41(22-26-5-3-17-47-26)49(45,46)32-6-4-18-48-32/h4,6-8,15-16,18-19,21,25-26,30-31,42,44H,3,5,9-14,17,20,22-23H2,1-2H3/t25?,26-,30-,31-,34-,35+,36+,37-,38-/m1/s1. The number of halogens is 2. The summed E-state index contributed by atoms with van der Waals surface area (Å²) in [6.45, 7) is 4.98. The number of hydrogen-bond donors (Lipinski definition) is 2. The second-order valence-corrected chi connectivity index (χ2v) is 19.2. The fourth-order valence-corrected chi connectivity index (χ4v) is 14.2. The van der Waals surface area contributed by atoms with E-state index in [0.29, 0.717) is 50.7 Å². The number of nitrogens with zero attached hydrogens (tertiary/aromatic N) is 1. The van der Waals surface area contributed by atoms with Gasteiger partial charge in [0.1, 0.15) is 4.21 Å². The number of carbonyl (C=O) groups is 1. The minimum Gasteiger partial charge on any atom is -0.393 e. The number of fused-ring (bicyclic) bond motifs is 1. The van der Waals surface area contributed by atoms with Gasteiger partial charge >= 0.3 is 0 Å². The van der Waals surface area contributed by atoms with Crippen molar-refractivity contribution in [2.75, 3.05) is 19.7 Å². The first-order chi connectivity index (χ1) is 23.2. The van der Waals surface area contributed by atoms with Gasteiger partial charge in [0.2, 0.25) is 0 Å². The minimum absolute atomic E-state index is 0.00464. The molecule has 264 valence electrons. The molecule has 9 rings (SSSR count).